The molecular weight excluding hydrogens is 332 g/mol. The second-order valence-electron chi connectivity index (χ2n) is 6.72. The second-order valence-corrected chi connectivity index (χ2v) is 6.72. The van der Waals surface area contributed by atoms with E-state index >= 15 is 0 Å². The zero-order valence-corrected chi connectivity index (χ0v) is 15.6. The largest absolute Gasteiger partial charge is 0.478 e. The van der Waals surface area contributed by atoms with Gasteiger partial charge in [0.25, 0.3) is 0 Å². The number of anilines is 1. The molecule has 1 aromatic rings. The lowest BCUT2D eigenvalue weighted by Crippen LogP contribution is -2.40. The number of aliphatic carboxylic acids is 1. The molecule has 0 amide bonds. The molecular formula is C20H28N2O4. The molecule has 6 nitrogen and oxygen atoms in total. The molecule has 1 aliphatic carbocycles. The lowest BCUT2D eigenvalue weighted by Gasteiger charge is -2.33. The zero-order chi connectivity index (χ0) is 19.3. The minimum absolute atomic E-state index is 0.0134. The number of ketones is 1. The van der Waals surface area contributed by atoms with Crippen LogP contribution in [0.15, 0.2) is 35.5 Å². The van der Waals surface area contributed by atoms with E-state index in [0.29, 0.717) is 24.1 Å². The SMILES string of the molecule is CCC(CC)OC1C[C@@H](N)CC(C(=O)O)=C1Nc1ccc(C(C)=O)cc1. The molecule has 26 heavy (non-hydrogen) atoms. The number of nitrogens with one attached hydrogen (secondary N) is 1. The first kappa shape index (κ1) is 20.1. The first-order valence-electron chi connectivity index (χ1n) is 9.11. The molecule has 0 aromatic heterocycles. The summed E-state index contributed by atoms with van der Waals surface area (Å²) < 4.78 is 6.17. The Morgan fingerprint density at radius 1 is 1.27 bits per heavy atom. The van der Waals surface area contributed by atoms with Crippen molar-refractivity contribution in [2.75, 3.05) is 5.32 Å². The summed E-state index contributed by atoms with van der Waals surface area (Å²) in [5.74, 6) is -0.998. The van der Waals surface area contributed by atoms with Crippen LogP contribution in [0.1, 0.15) is 56.8 Å². The highest BCUT2D eigenvalue weighted by Crippen LogP contribution is 2.30. The predicted octanol–water partition coefficient (Wildman–Crippen LogP) is 3.33. The van der Waals surface area contributed by atoms with Crippen LogP contribution in [0.3, 0.4) is 0 Å². The molecule has 1 aromatic carbocycles. The summed E-state index contributed by atoms with van der Waals surface area (Å²) in [6.45, 7) is 5.61. The number of carboxylic acids is 1. The van der Waals surface area contributed by atoms with Crippen molar-refractivity contribution in [2.45, 2.75) is 64.7 Å². The van der Waals surface area contributed by atoms with Gasteiger partial charge in [-0.3, -0.25) is 4.79 Å². The van der Waals surface area contributed by atoms with E-state index in [1.165, 1.54) is 6.92 Å². The molecule has 0 heterocycles. The van der Waals surface area contributed by atoms with Gasteiger partial charge in [-0.2, -0.15) is 0 Å². The van der Waals surface area contributed by atoms with Gasteiger partial charge in [0.05, 0.1) is 23.5 Å². The number of hydrogen-bond donors (Lipinski definition) is 3. The summed E-state index contributed by atoms with van der Waals surface area (Å²) in [6, 6.07) is 6.73. The molecule has 1 unspecified atom stereocenters. The number of carbonyl (C=O) groups is 2. The van der Waals surface area contributed by atoms with Crippen LogP contribution in [0.4, 0.5) is 5.69 Å². The molecule has 1 aliphatic rings. The molecule has 4 N–H and O–H groups in total. The Labute approximate surface area is 154 Å². The zero-order valence-electron chi connectivity index (χ0n) is 15.6. The fourth-order valence-corrected chi connectivity index (χ4v) is 3.18. The van der Waals surface area contributed by atoms with Crippen LogP contribution in [-0.2, 0) is 9.53 Å². The Bertz CT molecular complexity index is 678. The molecule has 6 heteroatoms. The Morgan fingerprint density at radius 2 is 1.88 bits per heavy atom. The Balaban J connectivity index is 2.33. The van der Waals surface area contributed by atoms with Crippen molar-refractivity contribution >= 4 is 17.4 Å². The lowest BCUT2D eigenvalue weighted by atomic mass is 9.89. The van der Waals surface area contributed by atoms with Gasteiger partial charge in [0.15, 0.2) is 5.78 Å². The summed E-state index contributed by atoms with van der Waals surface area (Å²) in [5, 5.41) is 12.8. The van der Waals surface area contributed by atoms with E-state index in [-0.39, 0.29) is 29.6 Å². The summed E-state index contributed by atoms with van der Waals surface area (Å²) in [4.78, 5) is 23.2. The summed E-state index contributed by atoms with van der Waals surface area (Å²) in [5.41, 5.74) is 8.22. The Hall–Kier alpha value is -2.18. The van der Waals surface area contributed by atoms with Crippen LogP contribution in [-0.4, -0.2) is 35.1 Å². The molecule has 0 bridgehead atoms. The summed E-state index contributed by atoms with van der Waals surface area (Å²) in [7, 11) is 0. The molecule has 0 spiro atoms. The van der Waals surface area contributed by atoms with Crippen LogP contribution in [0.5, 0.6) is 0 Å². The van der Waals surface area contributed by atoms with E-state index in [4.69, 9.17) is 10.5 Å². The number of rotatable bonds is 8. The van der Waals surface area contributed by atoms with E-state index in [2.05, 4.69) is 5.32 Å². The van der Waals surface area contributed by atoms with Crippen molar-refractivity contribution in [1.82, 2.24) is 0 Å². The third-order valence-corrected chi connectivity index (χ3v) is 4.73. The van der Waals surface area contributed by atoms with Gasteiger partial charge < -0.3 is 20.9 Å². The Kier molecular flexibility index (Phi) is 6.94. The lowest BCUT2D eigenvalue weighted by molar-refractivity contribution is -0.133. The van der Waals surface area contributed by atoms with Crippen LogP contribution in [0.2, 0.25) is 0 Å². The standard InChI is InChI=1S/C20H28N2O4/c1-4-16(5-2)26-18-11-14(21)10-17(20(24)25)19(18)22-15-8-6-13(7-9-15)12(3)23/h6-9,14,16,18,22H,4-5,10-11,21H2,1-3H3,(H,24,25)/t14-,18?/m0/s1. The first-order chi connectivity index (χ1) is 12.3. The van der Waals surface area contributed by atoms with Gasteiger partial charge in [0, 0.05) is 17.3 Å². The predicted molar refractivity (Wildman–Crippen MR) is 101 cm³/mol. The molecule has 2 atom stereocenters. The van der Waals surface area contributed by atoms with Gasteiger partial charge in [-0.1, -0.05) is 13.8 Å². The third kappa shape index (κ3) is 4.93. The van der Waals surface area contributed by atoms with Crippen LogP contribution in [0, 0.1) is 0 Å². The van der Waals surface area contributed by atoms with Crippen LogP contribution < -0.4 is 11.1 Å². The van der Waals surface area contributed by atoms with Crippen molar-refractivity contribution in [1.29, 1.82) is 0 Å². The average Bonchev–Trinajstić information content (AvgIpc) is 2.61. The Morgan fingerprint density at radius 3 is 2.38 bits per heavy atom. The van der Waals surface area contributed by atoms with Crippen LogP contribution >= 0.6 is 0 Å². The van der Waals surface area contributed by atoms with Crippen molar-refractivity contribution in [3.8, 4) is 0 Å². The average molecular weight is 360 g/mol. The molecule has 0 saturated carbocycles. The summed E-state index contributed by atoms with van der Waals surface area (Å²) >= 11 is 0. The van der Waals surface area contributed by atoms with Crippen molar-refractivity contribution in [3.05, 3.63) is 41.1 Å². The molecule has 0 fully saturated rings. The topological polar surface area (TPSA) is 102 Å². The number of Topliss-reactive ketones (excluding diaryl/α,β-unsaturated/α-hetero) is 1. The highest BCUT2D eigenvalue weighted by Gasteiger charge is 2.32. The minimum Gasteiger partial charge on any atom is -0.478 e. The van der Waals surface area contributed by atoms with E-state index < -0.39 is 5.97 Å². The fraction of sp³-hybridized carbons (Fsp3) is 0.500. The minimum atomic E-state index is -0.985. The number of carbonyl (C=O) groups excluding carboxylic acids is 1. The number of hydrogen-bond acceptors (Lipinski definition) is 5. The van der Waals surface area contributed by atoms with Crippen molar-refractivity contribution in [2.24, 2.45) is 5.73 Å². The van der Waals surface area contributed by atoms with Gasteiger partial charge >= 0.3 is 5.97 Å². The molecule has 2 rings (SSSR count). The normalized spacial score (nSPS) is 20.3. The monoisotopic (exact) mass is 360 g/mol. The quantitative estimate of drug-likeness (QED) is 0.615. The number of carboxylic acid groups (broad SMARTS) is 1. The number of benzene rings is 1. The van der Waals surface area contributed by atoms with Gasteiger partial charge in [-0.05, 0) is 56.9 Å². The molecule has 142 valence electrons. The smallest absolute Gasteiger partial charge is 0.333 e. The van der Waals surface area contributed by atoms with E-state index in [1.54, 1.807) is 24.3 Å². The maximum Gasteiger partial charge on any atom is 0.333 e. The highest BCUT2D eigenvalue weighted by atomic mass is 16.5. The maximum atomic E-state index is 11.8. The summed E-state index contributed by atoms with van der Waals surface area (Å²) in [6.07, 6.45) is 2.24. The van der Waals surface area contributed by atoms with Crippen molar-refractivity contribution < 1.29 is 19.4 Å². The first-order valence-corrected chi connectivity index (χ1v) is 9.11. The van der Waals surface area contributed by atoms with Crippen molar-refractivity contribution in [3.63, 3.8) is 0 Å². The van der Waals surface area contributed by atoms with E-state index in [9.17, 15) is 14.7 Å². The van der Waals surface area contributed by atoms with E-state index in [1.807, 2.05) is 13.8 Å². The van der Waals surface area contributed by atoms with Gasteiger partial charge in [0.2, 0.25) is 0 Å². The number of nitrogens with two attached hydrogens (primary N) is 1. The molecule has 0 radical (unpaired) electrons. The second kappa shape index (κ2) is 8.96. The van der Waals surface area contributed by atoms with Crippen LogP contribution in [0.25, 0.3) is 0 Å². The van der Waals surface area contributed by atoms with Gasteiger partial charge in [-0.25, -0.2) is 4.79 Å². The maximum absolute atomic E-state index is 11.8. The highest BCUT2D eigenvalue weighted by molar-refractivity contribution is 5.94. The van der Waals surface area contributed by atoms with Gasteiger partial charge in [-0.15, -0.1) is 0 Å². The third-order valence-electron chi connectivity index (χ3n) is 4.73. The molecule has 0 aliphatic heterocycles. The fourth-order valence-electron chi connectivity index (χ4n) is 3.18. The van der Waals surface area contributed by atoms with Gasteiger partial charge in [0.1, 0.15) is 0 Å². The molecule has 0 saturated heterocycles. The number of ether oxygens (including phenoxy) is 1. The van der Waals surface area contributed by atoms with E-state index in [0.717, 1.165) is 18.5 Å².